The maximum atomic E-state index is 13.2. The van der Waals surface area contributed by atoms with Gasteiger partial charge in [0.05, 0.1) is 29.0 Å². The predicted molar refractivity (Wildman–Crippen MR) is 149 cm³/mol. The van der Waals surface area contributed by atoms with E-state index in [1.165, 1.54) is 6.20 Å². The van der Waals surface area contributed by atoms with Gasteiger partial charge in [0, 0.05) is 26.2 Å². The van der Waals surface area contributed by atoms with E-state index in [1.54, 1.807) is 58.3 Å². The first-order valence-electron chi connectivity index (χ1n) is 13.0. The molecule has 0 spiro atoms. The Kier molecular flexibility index (Phi) is 8.30. The number of rotatable bonds is 6. The minimum atomic E-state index is -4.57. The van der Waals surface area contributed by atoms with Gasteiger partial charge >= 0.3 is 12.2 Å². The number of nitrogens with one attached hydrogen (secondary N) is 1. The van der Waals surface area contributed by atoms with Crippen molar-refractivity contribution in [2.75, 3.05) is 38.0 Å². The Morgan fingerprint density at radius 2 is 1.48 bits per heavy atom. The van der Waals surface area contributed by atoms with E-state index in [4.69, 9.17) is 11.6 Å². The minimum Gasteiger partial charge on any atom is -0.374 e. The van der Waals surface area contributed by atoms with E-state index in [0.717, 1.165) is 22.9 Å². The van der Waals surface area contributed by atoms with Crippen LogP contribution in [0.3, 0.4) is 0 Å². The maximum absolute atomic E-state index is 13.2. The number of carbonyl (C=O) groups is 2. The highest BCUT2D eigenvalue weighted by atomic mass is 35.5. The van der Waals surface area contributed by atoms with Crippen molar-refractivity contribution in [2.45, 2.75) is 11.8 Å². The van der Waals surface area contributed by atoms with Crippen LogP contribution in [0.15, 0.2) is 85.1 Å². The van der Waals surface area contributed by atoms with Crippen molar-refractivity contribution < 1.29 is 27.9 Å². The van der Waals surface area contributed by atoms with E-state index < -0.39 is 29.3 Å². The van der Waals surface area contributed by atoms with Gasteiger partial charge in [0.15, 0.2) is 5.60 Å². The number of benzene rings is 3. The Balaban J connectivity index is 1.22. The van der Waals surface area contributed by atoms with E-state index in [9.17, 15) is 27.9 Å². The summed E-state index contributed by atoms with van der Waals surface area (Å²) in [6, 6.07) is 20.2. The molecule has 4 aromatic rings. The molecule has 5 rings (SSSR count). The third-order valence-corrected chi connectivity index (χ3v) is 7.35. The third-order valence-electron chi connectivity index (χ3n) is 7.02. The van der Waals surface area contributed by atoms with Crippen molar-refractivity contribution in [3.63, 3.8) is 0 Å². The van der Waals surface area contributed by atoms with E-state index >= 15 is 0 Å². The van der Waals surface area contributed by atoms with Crippen LogP contribution in [0.25, 0.3) is 0 Å². The van der Waals surface area contributed by atoms with Crippen LogP contribution in [0.5, 0.6) is 0 Å². The van der Waals surface area contributed by atoms with Crippen molar-refractivity contribution in [2.24, 2.45) is 0 Å². The highest BCUT2D eigenvalue weighted by Crippen LogP contribution is 2.35. The maximum Gasteiger partial charge on any atom is 0.416 e. The fourth-order valence-electron chi connectivity index (χ4n) is 4.78. The molecule has 0 unspecified atom stereocenters. The van der Waals surface area contributed by atoms with Gasteiger partial charge in [-0.2, -0.15) is 17.9 Å². The number of nitrogens with zero attached hydrogens (tertiary/aromatic N) is 5. The summed E-state index contributed by atoms with van der Waals surface area (Å²) in [5.74, 6) is -0.530. The summed E-state index contributed by atoms with van der Waals surface area (Å²) in [7, 11) is 0. The Bertz CT molecular complexity index is 1520. The first kappa shape index (κ1) is 29.2. The standard InChI is InChI=1S/C29H26ClF3N6O3/c30-23-12-11-22(29(31,32)33)17-24(23)34-26(40)19-37-13-15-38(16-14-37)27(41)39-18-25(35-36-39)28(42,20-7-3-1-4-8-20)21-9-5-2-6-10-21/h1-12,17-18,42H,13-16,19H2,(H,34,40). The van der Waals surface area contributed by atoms with Gasteiger partial charge < -0.3 is 15.3 Å². The van der Waals surface area contributed by atoms with Crippen LogP contribution in [0.1, 0.15) is 22.4 Å². The number of aromatic nitrogens is 3. The number of piperazine rings is 1. The second-order valence-corrected chi connectivity index (χ2v) is 10.2. The molecule has 2 heterocycles. The highest BCUT2D eigenvalue weighted by molar-refractivity contribution is 6.33. The van der Waals surface area contributed by atoms with Crippen LogP contribution < -0.4 is 5.32 Å². The Labute approximate surface area is 244 Å². The molecular formula is C29H26ClF3N6O3. The van der Waals surface area contributed by atoms with Crippen LogP contribution in [0, 0.1) is 0 Å². The summed E-state index contributed by atoms with van der Waals surface area (Å²) < 4.78 is 40.2. The summed E-state index contributed by atoms with van der Waals surface area (Å²) in [5, 5.41) is 22.5. The first-order valence-corrected chi connectivity index (χ1v) is 13.4. The van der Waals surface area contributed by atoms with E-state index in [-0.39, 0.29) is 36.0 Å². The van der Waals surface area contributed by atoms with Crippen LogP contribution in [-0.2, 0) is 16.6 Å². The lowest BCUT2D eigenvalue weighted by molar-refractivity contribution is -0.137. The van der Waals surface area contributed by atoms with Crippen molar-refractivity contribution in [1.82, 2.24) is 24.8 Å². The van der Waals surface area contributed by atoms with Crippen molar-refractivity contribution >= 4 is 29.2 Å². The molecular weight excluding hydrogens is 573 g/mol. The van der Waals surface area contributed by atoms with Crippen molar-refractivity contribution in [1.29, 1.82) is 0 Å². The summed E-state index contributed by atoms with van der Waals surface area (Å²) in [6.45, 7) is 1.13. The molecule has 1 aliphatic heterocycles. The molecule has 1 aliphatic rings. The smallest absolute Gasteiger partial charge is 0.374 e. The molecule has 0 bridgehead atoms. The van der Waals surface area contributed by atoms with Gasteiger partial charge in [0.1, 0.15) is 5.69 Å². The first-order chi connectivity index (χ1) is 20.1. The number of hydrogen-bond acceptors (Lipinski definition) is 6. The molecule has 0 saturated carbocycles. The Hall–Kier alpha value is -4.26. The number of amides is 2. The van der Waals surface area contributed by atoms with E-state index in [2.05, 4.69) is 15.6 Å². The number of aliphatic hydroxyl groups is 1. The van der Waals surface area contributed by atoms with Gasteiger partial charge in [-0.25, -0.2) is 4.79 Å². The Morgan fingerprint density at radius 3 is 2.05 bits per heavy atom. The number of carbonyl (C=O) groups excluding carboxylic acids is 2. The SMILES string of the molecule is O=C(CN1CCN(C(=O)n2cc(C(O)(c3ccccc3)c3ccccc3)nn2)CC1)Nc1cc(C(F)(F)F)ccc1Cl. The quantitative estimate of drug-likeness (QED) is 0.340. The lowest BCUT2D eigenvalue weighted by Crippen LogP contribution is -2.51. The van der Waals surface area contributed by atoms with Gasteiger partial charge in [-0.1, -0.05) is 77.5 Å². The number of halogens is 4. The van der Waals surface area contributed by atoms with Crippen molar-refractivity contribution in [3.8, 4) is 0 Å². The molecule has 9 nitrogen and oxygen atoms in total. The van der Waals surface area contributed by atoms with Gasteiger partial charge in [-0.15, -0.1) is 5.10 Å². The summed E-state index contributed by atoms with van der Waals surface area (Å²) >= 11 is 5.98. The zero-order chi connectivity index (χ0) is 29.9. The zero-order valence-corrected chi connectivity index (χ0v) is 22.9. The molecule has 1 aromatic heterocycles. The van der Waals surface area contributed by atoms with Gasteiger partial charge in [-0.05, 0) is 29.3 Å². The third kappa shape index (κ3) is 6.15. The molecule has 2 N–H and O–H groups in total. The second-order valence-electron chi connectivity index (χ2n) is 9.78. The largest absolute Gasteiger partial charge is 0.416 e. The zero-order valence-electron chi connectivity index (χ0n) is 22.1. The van der Waals surface area contributed by atoms with Gasteiger partial charge in [-0.3, -0.25) is 9.69 Å². The van der Waals surface area contributed by atoms with Crippen LogP contribution in [0.4, 0.5) is 23.7 Å². The molecule has 218 valence electrons. The number of hydrogen-bond donors (Lipinski definition) is 2. The van der Waals surface area contributed by atoms with Gasteiger partial charge in [0.25, 0.3) is 0 Å². The van der Waals surface area contributed by atoms with Crippen LogP contribution in [0.2, 0.25) is 5.02 Å². The molecule has 0 atom stereocenters. The predicted octanol–water partition coefficient (Wildman–Crippen LogP) is 4.46. The van der Waals surface area contributed by atoms with Crippen LogP contribution >= 0.6 is 11.6 Å². The fraction of sp³-hybridized carbons (Fsp3) is 0.241. The molecule has 1 saturated heterocycles. The minimum absolute atomic E-state index is 0.00889. The number of alkyl halides is 3. The molecule has 1 fully saturated rings. The fourth-order valence-corrected chi connectivity index (χ4v) is 4.94. The monoisotopic (exact) mass is 598 g/mol. The summed E-state index contributed by atoms with van der Waals surface area (Å²) in [4.78, 5) is 29.1. The molecule has 3 aromatic carbocycles. The van der Waals surface area contributed by atoms with Crippen molar-refractivity contribution in [3.05, 3.63) is 112 Å². The summed E-state index contributed by atoms with van der Waals surface area (Å²) in [6.07, 6.45) is -3.17. The lowest BCUT2D eigenvalue weighted by atomic mass is 9.84. The number of anilines is 1. The highest BCUT2D eigenvalue weighted by Gasteiger charge is 2.37. The second kappa shape index (κ2) is 11.9. The average Bonchev–Trinajstić information content (AvgIpc) is 3.49. The van der Waals surface area contributed by atoms with E-state index in [0.29, 0.717) is 24.2 Å². The average molecular weight is 599 g/mol. The molecule has 0 radical (unpaired) electrons. The normalized spacial score (nSPS) is 14.5. The lowest BCUT2D eigenvalue weighted by Gasteiger charge is -2.33. The molecule has 0 aliphatic carbocycles. The molecule has 13 heteroatoms. The van der Waals surface area contributed by atoms with Crippen LogP contribution in [-0.4, -0.2) is 74.6 Å². The molecule has 42 heavy (non-hydrogen) atoms. The summed E-state index contributed by atoms with van der Waals surface area (Å²) in [5.41, 5.74) is -1.38. The van der Waals surface area contributed by atoms with Gasteiger partial charge in [0.2, 0.25) is 5.91 Å². The molecule has 2 amide bonds. The Morgan fingerprint density at radius 1 is 0.881 bits per heavy atom. The van der Waals surface area contributed by atoms with E-state index in [1.807, 2.05) is 12.1 Å². The topological polar surface area (TPSA) is 104 Å².